The lowest BCUT2D eigenvalue weighted by Crippen LogP contribution is -2.00. The first kappa shape index (κ1) is 13.7. The summed E-state index contributed by atoms with van der Waals surface area (Å²) in [7, 11) is 0. The van der Waals surface area contributed by atoms with Crippen molar-refractivity contribution < 1.29 is 4.74 Å². The number of benzene rings is 1. The summed E-state index contributed by atoms with van der Waals surface area (Å²) >= 11 is 0. The lowest BCUT2D eigenvalue weighted by molar-refractivity contribution is 0.158. The normalized spacial score (nSPS) is 15.0. The van der Waals surface area contributed by atoms with Gasteiger partial charge in [0.2, 0.25) is 0 Å². The Bertz CT molecular complexity index is 545. The van der Waals surface area contributed by atoms with Gasteiger partial charge in [-0.05, 0) is 68.5 Å². The van der Waals surface area contributed by atoms with Gasteiger partial charge in [0.15, 0.2) is 0 Å². The highest BCUT2D eigenvalue weighted by atomic mass is 16.5. The largest absolute Gasteiger partial charge is 0.491 e. The fourth-order valence-corrected chi connectivity index (χ4v) is 2.11. The Morgan fingerprint density at radius 1 is 1.05 bits per heavy atom. The summed E-state index contributed by atoms with van der Waals surface area (Å²) in [6.07, 6.45) is 9.62. The van der Waals surface area contributed by atoms with Crippen LogP contribution in [0.15, 0.2) is 48.3 Å². The number of ether oxygens (including phenoxy) is 1. The molecular weight excluding hydrogens is 232 g/mol. The maximum absolute atomic E-state index is 5.73. The monoisotopic (exact) mass is 254 g/mol. The summed E-state index contributed by atoms with van der Waals surface area (Å²) < 4.78 is 5.73. The zero-order valence-electron chi connectivity index (χ0n) is 12.2. The van der Waals surface area contributed by atoms with Crippen molar-refractivity contribution in [2.75, 3.05) is 0 Å². The van der Waals surface area contributed by atoms with Crippen LogP contribution in [0.3, 0.4) is 0 Å². The molecular formula is C18H22O. The van der Waals surface area contributed by atoms with Crippen molar-refractivity contribution in [3.05, 3.63) is 65.0 Å². The van der Waals surface area contributed by atoms with Crippen molar-refractivity contribution in [2.24, 2.45) is 0 Å². The molecule has 1 nitrogen and oxygen atoms in total. The van der Waals surface area contributed by atoms with E-state index in [0.29, 0.717) is 0 Å². The highest BCUT2D eigenvalue weighted by molar-refractivity contribution is 5.70. The van der Waals surface area contributed by atoms with Crippen LogP contribution in [0, 0.1) is 13.8 Å². The molecule has 19 heavy (non-hydrogen) atoms. The van der Waals surface area contributed by atoms with Gasteiger partial charge in [-0.25, -0.2) is 0 Å². The van der Waals surface area contributed by atoms with E-state index in [1.807, 2.05) is 13.8 Å². The van der Waals surface area contributed by atoms with E-state index in [4.69, 9.17) is 4.74 Å². The molecule has 1 heteroatoms. The Morgan fingerprint density at radius 3 is 2.53 bits per heavy atom. The SMILES string of the molecule is Cc1ccc(C2=CC=C(OC(C)C)C=CC2)cc1C. The van der Waals surface area contributed by atoms with Crippen LogP contribution >= 0.6 is 0 Å². The molecule has 1 aromatic carbocycles. The number of hydrogen-bond donors (Lipinski definition) is 0. The maximum Gasteiger partial charge on any atom is 0.119 e. The second-order valence-corrected chi connectivity index (χ2v) is 5.33. The van der Waals surface area contributed by atoms with Crippen LogP contribution in [0.25, 0.3) is 5.57 Å². The van der Waals surface area contributed by atoms with Gasteiger partial charge in [0, 0.05) is 0 Å². The fraction of sp³-hybridized carbons (Fsp3) is 0.333. The summed E-state index contributed by atoms with van der Waals surface area (Å²) in [5, 5.41) is 0. The number of allylic oxidation sites excluding steroid dienone is 5. The van der Waals surface area contributed by atoms with Crippen LogP contribution in [0.5, 0.6) is 0 Å². The lowest BCUT2D eigenvalue weighted by atomic mass is 9.98. The van der Waals surface area contributed by atoms with E-state index in [2.05, 4.69) is 56.4 Å². The van der Waals surface area contributed by atoms with Crippen LogP contribution in [0.1, 0.15) is 37.0 Å². The zero-order valence-corrected chi connectivity index (χ0v) is 12.2. The number of rotatable bonds is 3. The summed E-state index contributed by atoms with van der Waals surface area (Å²) in [6.45, 7) is 8.41. The Hall–Kier alpha value is -1.76. The summed E-state index contributed by atoms with van der Waals surface area (Å²) in [4.78, 5) is 0. The molecule has 0 atom stereocenters. The van der Waals surface area contributed by atoms with Gasteiger partial charge in [-0.1, -0.05) is 30.4 Å². The van der Waals surface area contributed by atoms with Gasteiger partial charge in [0.25, 0.3) is 0 Å². The Labute approximate surface area is 116 Å². The average Bonchev–Trinajstić information content (AvgIpc) is 2.58. The maximum atomic E-state index is 5.73. The summed E-state index contributed by atoms with van der Waals surface area (Å²) in [5.74, 6) is 0.939. The molecule has 0 radical (unpaired) electrons. The molecule has 100 valence electrons. The van der Waals surface area contributed by atoms with Crippen LogP contribution < -0.4 is 0 Å². The fourth-order valence-electron chi connectivity index (χ4n) is 2.11. The van der Waals surface area contributed by atoms with Crippen molar-refractivity contribution in [1.82, 2.24) is 0 Å². The highest BCUT2D eigenvalue weighted by Gasteiger charge is 2.05. The van der Waals surface area contributed by atoms with Gasteiger partial charge in [-0.2, -0.15) is 0 Å². The molecule has 2 rings (SSSR count). The van der Waals surface area contributed by atoms with Gasteiger partial charge in [0.1, 0.15) is 5.76 Å². The highest BCUT2D eigenvalue weighted by Crippen LogP contribution is 2.24. The van der Waals surface area contributed by atoms with Gasteiger partial charge in [0.05, 0.1) is 6.10 Å². The van der Waals surface area contributed by atoms with Gasteiger partial charge >= 0.3 is 0 Å². The third-order valence-corrected chi connectivity index (χ3v) is 3.32. The van der Waals surface area contributed by atoms with E-state index in [0.717, 1.165) is 12.2 Å². The minimum absolute atomic E-state index is 0.215. The van der Waals surface area contributed by atoms with Crippen molar-refractivity contribution in [2.45, 2.75) is 40.2 Å². The van der Waals surface area contributed by atoms with Crippen molar-refractivity contribution in [1.29, 1.82) is 0 Å². The van der Waals surface area contributed by atoms with E-state index in [1.165, 1.54) is 22.3 Å². The first-order chi connectivity index (χ1) is 9.06. The summed E-state index contributed by atoms with van der Waals surface area (Å²) in [5.41, 5.74) is 5.32. The molecule has 1 aliphatic carbocycles. The van der Waals surface area contributed by atoms with Crippen molar-refractivity contribution in [3.63, 3.8) is 0 Å². The van der Waals surface area contributed by atoms with Gasteiger partial charge < -0.3 is 4.74 Å². The van der Waals surface area contributed by atoms with Crippen LogP contribution in [0.4, 0.5) is 0 Å². The van der Waals surface area contributed by atoms with E-state index in [-0.39, 0.29) is 6.10 Å². The topological polar surface area (TPSA) is 9.23 Å². The van der Waals surface area contributed by atoms with Crippen LogP contribution in [-0.4, -0.2) is 6.10 Å². The van der Waals surface area contributed by atoms with Gasteiger partial charge in [-0.15, -0.1) is 0 Å². The molecule has 1 aliphatic rings. The van der Waals surface area contributed by atoms with E-state index >= 15 is 0 Å². The van der Waals surface area contributed by atoms with Crippen LogP contribution in [-0.2, 0) is 4.74 Å². The zero-order chi connectivity index (χ0) is 13.8. The molecule has 0 N–H and O–H groups in total. The molecule has 0 aromatic heterocycles. The smallest absolute Gasteiger partial charge is 0.119 e. The van der Waals surface area contributed by atoms with Crippen molar-refractivity contribution >= 4 is 5.57 Å². The number of hydrogen-bond acceptors (Lipinski definition) is 1. The van der Waals surface area contributed by atoms with Crippen molar-refractivity contribution in [3.8, 4) is 0 Å². The average molecular weight is 254 g/mol. The molecule has 0 heterocycles. The second kappa shape index (κ2) is 5.92. The molecule has 0 unspecified atom stereocenters. The van der Waals surface area contributed by atoms with E-state index in [9.17, 15) is 0 Å². The van der Waals surface area contributed by atoms with E-state index < -0.39 is 0 Å². The van der Waals surface area contributed by atoms with Crippen LogP contribution in [0.2, 0.25) is 0 Å². The third-order valence-electron chi connectivity index (χ3n) is 3.32. The van der Waals surface area contributed by atoms with E-state index in [1.54, 1.807) is 0 Å². The predicted octanol–water partition coefficient (Wildman–Crippen LogP) is 4.96. The predicted molar refractivity (Wildman–Crippen MR) is 82.0 cm³/mol. The first-order valence-electron chi connectivity index (χ1n) is 6.88. The molecule has 0 fully saturated rings. The molecule has 0 amide bonds. The Balaban J connectivity index is 2.26. The first-order valence-corrected chi connectivity index (χ1v) is 6.88. The molecule has 0 saturated heterocycles. The Morgan fingerprint density at radius 2 is 1.84 bits per heavy atom. The standard InChI is InChI=1S/C18H22O/c1-13(2)19-18-7-5-6-16(10-11-18)17-9-8-14(3)15(4)12-17/h5,7-13H,6H2,1-4H3. The second-order valence-electron chi connectivity index (χ2n) is 5.33. The van der Waals surface area contributed by atoms with Gasteiger partial charge in [-0.3, -0.25) is 0 Å². The summed E-state index contributed by atoms with van der Waals surface area (Å²) in [6, 6.07) is 6.65. The third kappa shape index (κ3) is 3.60. The Kier molecular flexibility index (Phi) is 4.26. The minimum atomic E-state index is 0.215. The molecule has 0 aliphatic heterocycles. The lowest BCUT2D eigenvalue weighted by Gasteiger charge is -2.09. The molecule has 1 aromatic rings. The minimum Gasteiger partial charge on any atom is -0.491 e. The number of aryl methyl sites for hydroxylation is 2. The molecule has 0 bridgehead atoms. The molecule has 0 spiro atoms. The molecule has 0 saturated carbocycles. The quantitative estimate of drug-likeness (QED) is 0.741.